The van der Waals surface area contributed by atoms with E-state index in [-0.39, 0.29) is 18.1 Å². The molecule has 0 atom stereocenters. The number of hydrogen-bond donors (Lipinski definition) is 1. The van der Waals surface area contributed by atoms with E-state index in [1.54, 1.807) is 28.9 Å². The zero-order valence-electron chi connectivity index (χ0n) is 14.1. The molecule has 3 rings (SSSR count). The van der Waals surface area contributed by atoms with Crippen molar-refractivity contribution in [3.05, 3.63) is 74.8 Å². The van der Waals surface area contributed by atoms with Gasteiger partial charge in [0.2, 0.25) is 5.43 Å². The van der Waals surface area contributed by atoms with Crippen LogP contribution in [-0.4, -0.2) is 22.2 Å². The number of nitrogens with zero attached hydrogens (tertiary/aromatic N) is 2. The first-order valence-corrected chi connectivity index (χ1v) is 8.60. The highest BCUT2D eigenvalue weighted by atomic mass is 35.5. The maximum atomic E-state index is 13.2. The molecule has 5 nitrogen and oxygen atoms in total. The summed E-state index contributed by atoms with van der Waals surface area (Å²) in [6, 6.07) is 11.1. The van der Waals surface area contributed by atoms with E-state index in [1.165, 1.54) is 18.2 Å². The Balaban J connectivity index is 1.83. The average Bonchev–Trinajstić information content (AvgIpc) is 2.62. The molecule has 1 amide bonds. The lowest BCUT2D eigenvalue weighted by Gasteiger charge is -2.11. The molecule has 1 aromatic heterocycles. The summed E-state index contributed by atoms with van der Waals surface area (Å²) in [7, 11) is 0. The van der Waals surface area contributed by atoms with Crippen LogP contribution in [0.5, 0.6) is 0 Å². The van der Waals surface area contributed by atoms with Gasteiger partial charge in [0.15, 0.2) is 5.69 Å². The molecule has 1 heterocycles. The Hall–Kier alpha value is -2.73. The van der Waals surface area contributed by atoms with Crippen molar-refractivity contribution in [2.45, 2.75) is 19.9 Å². The monoisotopic (exact) mass is 373 g/mol. The summed E-state index contributed by atoms with van der Waals surface area (Å²) in [5.41, 5.74) is 0.740. The molecule has 0 saturated carbocycles. The summed E-state index contributed by atoms with van der Waals surface area (Å²) in [4.78, 5) is 25.0. The molecule has 0 saturated heterocycles. The van der Waals surface area contributed by atoms with Crippen LogP contribution in [0.25, 0.3) is 10.9 Å². The van der Waals surface area contributed by atoms with Gasteiger partial charge in [0.25, 0.3) is 5.91 Å². The van der Waals surface area contributed by atoms with Gasteiger partial charge in [0, 0.05) is 18.1 Å². The number of nitrogens with one attached hydrogen (secondary N) is 1. The van der Waals surface area contributed by atoms with E-state index in [4.69, 9.17) is 11.6 Å². The minimum Gasteiger partial charge on any atom is -0.350 e. The summed E-state index contributed by atoms with van der Waals surface area (Å²) in [5.74, 6) is -0.886. The second-order valence-electron chi connectivity index (χ2n) is 5.79. The summed E-state index contributed by atoms with van der Waals surface area (Å²) in [6.45, 7) is 2.64. The molecule has 0 radical (unpaired) electrons. The second-order valence-corrected chi connectivity index (χ2v) is 6.23. The molecule has 0 spiro atoms. The summed E-state index contributed by atoms with van der Waals surface area (Å²) in [6.07, 6.45) is 0.449. The van der Waals surface area contributed by atoms with Gasteiger partial charge in [-0.2, -0.15) is 5.10 Å². The second kappa shape index (κ2) is 7.66. The zero-order valence-corrected chi connectivity index (χ0v) is 14.9. The number of carbonyl (C=O) groups is 1. The number of benzene rings is 2. The quantitative estimate of drug-likeness (QED) is 0.747. The van der Waals surface area contributed by atoms with Crippen LogP contribution in [0.4, 0.5) is 4.39 Å². The Labute approximate surface area is 154 Å². The number of hydrogen-bond acceptors (Lipinski definition) is 3. The SMILES string of the molecule is CCn1nc(C(=O)NCCc2cccc(F)c2)c(=O)c2cc(Cl)ccc21. The van der Waals surface area contributed by atoms with E-state index < -0.39 is 11.3 Å². The molecule has 0 aliphatic heterocycles. The van der Waals surface area contributed by atoms with Crippen LogP contribution in [-0.2, 0) is 13.0 Å². The number of aromatic nitrogens is 2. The first-order valence-electron chi connectivity index (χ1n) is 8.22. The molecule has 0 fully saturated rings. The van der Waals surface area contributed by atoms with Gasteiger partial charge in [-0.3, -0.25) is 14.3 Å². The number of rotatable bonds is 5. The Morgan fingerprint density at radius 2 is 2.08 bits per heavy atom. The van der Waals surface area contributed by atoms with Crippen LogP contribution in [0.15, 0.2) is 47.3 Å². The fraction of sp³-hybridized carbons (Fsp3) is 0.211. The van der Waals surface area contributed by atoms with Crippen molar-refractivity contribution in [2.75, 3.05) is 6.54 Å². The van der Waals surface area contributed by atoms with Crippen LogP contribution >= 0.6 is 11.6 Å². The predicted octanol–water partition coefficient (Wildman–Crippen LogP) is 3.18. The fourth-order valence-corrected chi connectivity index (χ4v) is 2.92. The van der Waals surface area contributed by atoms with Gasteiger partial charge in [0.1, 0.15) is 5.82 Å². The molecule has 0 unspecified atom stereocenters. The van der Waals surface area contributed by atoms with Gasteiger partial charge in [0.05, 0.1) is 10.9 Å². The number of amides is 1. The highest BCUT2D eigenvalue weighted by Crippen LogP contribution is 2.16. The van der Waals surface area contributed by atoms with E-state index in [0.29, 0.717) is 28.9 Å². The first kappa shape index (κ1) is 18.1. The summed E-state index contributed by atoms with van der Waals surface area (Å²) >= 11 is 5.98. The molecule has 0 aliphatic rings. The Kier molecular flexibility index (Phi) is 5.32. The topological polar surface area (TPSA) is 64.0 Å². The molecule has 134 valence electrons. The van der Waals surface area contributed by atoms with Crippen molar-refractivity contribution in [3.8, 4) is 0 Å². The number of fused-ring (bicyclic) bond motifs is 1. The third-order valence-electron chi connectivity index (χ3n) is 4.02. The van der Waals surface area contributed by atoms with Crippen LogP contribution in [0.3, 0.4) is 0 Å². The van der Waals surface area contributed by atoms with Gasteiger partial charge in [-0.15, -0.1) is 0 Å². The van der Waals surface area contributed by atoms with Crippen LogP contribution in [0.1, 0.15) is 23.0 Å². The Morgan fingerprint density at radius 3 is 2.81 bits per heavy atom. The molecule has 26 heavy (non-hydrogen) atoms. The third-order valence-corrected chi connectivity index (χ3v) is 4.26. The molecule has 0 bridgehead atoms. The van der Waals surface area contributed by atoms with Crippen molar-refractivity contribution < 1.29 is 9.18 Å². The Bertz CT molecular complexity index is 1030. The smallest absolute Gasteiger partial charge is 0.275 e. The van der Waals surface area contributed by atoms with Crippen molar-refractivity contribution in [1.29, 1.82) is 0 Å². The van der Waals surface area contributed by atoms with E-state index >= 15 is 0 Å². The van der Waals surface area contributed by atoms with Crippen molar-refractivity contribution >= 4 is 28.4 Å². The highest BCUT2D eigenvalue weighted by Gasteiger charge is 2.17. The largest absolute Gasteiger partial charge is 0.350 e. The lowest BCUT2D eigenvalue weighted by atomic mass is 10.1. The van der Waals surface area contributed by atoms with Crippen molar-refractivity contribution in [3.63, 3.8) is 0 Å². The van der Waals surface area contributed by atoms with Gasteiger partial charge in [-0.25, -0.2) is 4.39 Å². The molecular formula is C19H17ClFN3O2. The first-order chi connectivity index (χ1) is 12.5. The maximum Gasteiger partial charge on any atom is 0.275 e. The normalized spacial score (nSPS) is 10.9. The third kappa shape index (κ3) is 3.75. The van der Waals surface area contributed by atoms with Crippen LogP contribution in [0, 0.1) is 5.82 Å². The summed E-state index contributed by atoms with van der Waals surface area (Å²) < 4.78 is 14.8. The maximum absolute atomic E-state index is 13.2. The number of aryl methyl sites for hydroxylation is 1. The van der Waals surface area contributed by atoms with Gasteiger partial charge < -0.3 is 5.32 Å². The van der Waals surface area contributed by atoms with E-state index in [2.05, 4.69) is 10.4 Å². The molecule has 0 aliphatic carbocycles. The predicted molar refractivity (Wildman–Crippen MR) is 99.1 cm³/mol. The average molecular weight is 374 g/mol. The number of halogens is 2. The molecule has 1 N–H and O–H groups in total. The van der Waals surface area contributed by atoms with E-state index in [1.807, 2.05) is 6.92 Å². The minimum atomic E-state index is -0.560. The number of carbonyl (C=O) groups excluding carboxylic acids is 1. The summed E-state index contributed by atoms with van der Waals surface area (Å²) in [5, 5.41) is 7.61. The van der Waals surface area contributed by atoms with Crippen LogP contribution < -0.4 is 10.7 Å². The van der Waals surface area contributed by atoms with Crippen molar-refractivity contribution in [1.82, 2.24) is 15.1 Å². The fourth-order valence-electron chi connectivity index (χ4n) is 2.75. The van der Waals surface area contributed by atoms with Gasteiger partial charge >= 0.3 is 0 Å². The van der Waals surface area contributed by atoms with E-state index in [9.17, 15) is 14.0 Å². The van der Waals surface area contributed by atoms with E-state index in [0.717, 1.165) is 5.56 Å². The van der Waals surface area contributed by atoms with Gasteiger partial charge in [-0.05, 0) is 49.2 Å². The molecule has 7 heteroatoms. The highest BCUT2D eigenvalue weighted by molar-refractivity contribution is 6.31. The lowest BCUT2D eigenvalue weighted by Crippen LogP contribution is -2.33. The lowest BCUT2D eigenvalue weighted by molar-refractivity contribution is 0.0946. The standard InChI is InChI=1S/C19H17ClFN3O2/c1-2-24-16-7-6-13(20)11-15(16)18(25)17(23-24)19(26)22-9-8-12-4-3-5-14(21)10-12/h3-7,10-11H,2,8-9H2,1H3,(H,22,26). The van der Waals surface area contributed by atoms with Gasteiger partial charge in [-0.1, -0.05) is 23.7 Å². The Morgan fingerprint density at radius 1 is 1.27 bits per heavy atom. The van der Waals surface area contributed by atoms with Crippen molar-refractivity contribution in [2.24, 2.45) is 0 Å². The zero-order chi connectivity index (χ0) is 18.7. The molecular weight excluding hydrogens is 357 g/mol. The minimum absolute atomic E-state index is 0.180. The molecule has 2 aromatic carbocycles. The molecule has 3 aromatic rings. The van der Waals surface area contributed by atoms with Crippen LogP contribution in [0.2, 0.25) is 5.02 Å².